The molecule has 6 heteroatoms. The van der Waals surface area contributed by atoms with E-state index in [1.165, 1.54) is 12.0 Å². The van der Waals surface area contributed by atoms with E-state index in [0.717, 1.165) is 0 Å². The summed E-state index contributed by atoms with van der Waals surface area (Å²) in [7, 11) is 3.15. The number of amides is 1. The second-order valence-electron chi connectivity index (χ2n) is 4.24. The molecule has 0 radical (unpaired) electrons. The molecule has 1 aromatic heterocycles. The first kappa shape index (κ1) is 14.5. The molecule has 0 aliphatic carbocycles. The number of hydrogen-bond donors (Lipinski definition) is 2. The highest BCUT2D eigenvalue weighted by atomic mass is 16.5. The second kappa shape index (κ2) is 6.42. The number of nitrogen functional groups attached to an aromatic ring is 1. The van der Waals surface area contributed by atoms with Crippen molar-refractivity contribution in [2.75, 3.05) is 33.0 Å². The van der Waals surface area contributed by atoms with Gasteiger partial charge in [-0.05, 0) is 13.0 Å². The molecule has 102 valence electrons. The molecule has 6 nitrogen and oxygen atoms in total. The van der Waals surface area contributed by atoms with Crippen LogP contribution in [0, 0.1) is 0 Å². The van der Waals surface area contributed by atoms with Crippen molar-refractivity contribution in [1.29, 1.82) is 0 Å². The Hall–Kier alpha value is -1.53. The van der Waals surface area contributed by atoms with Gasteiger partial charge in [0.15, 0.2) is 0 Å². The average molecular weight is 255 g/mol. The number of aromatic nitrogens is 1. The fourth-order valence-electron chi connectivity index (χ4n) is 1.81. The number of nitrogens with zero attached hydrogens (tertiary/aromatic N) is 2. The largest absolute Gasteiger partial charge is 0.397 e. The van der Waals surface area contributed by atoms with Gasteiger partial charge < -0.3 is 25.0 Å². The number of carbonyl (C=O) groups is 1. The van der Waals surface area contributed by atoms with E-state index in [4.69, 9.17) is 10.5 Å². The molecule has 0 spiro atoms. The van der Waals surface area contributed by atoms with E-state index in [9.17, 15) is 9.90 Å². The van der Waals surface area contributed by atoms with Crippen molar-refractivity contribution in [3.8, 4) is 0 Å². The number of carbonyl (C=O) groups excluding carboxylic acids is 1. The molecule has 1 amide bonds. The molecule has 18 heavy (non-hydrogen) atoms. The van der Waals surface area contributed by atoms with Crippen LogP contribution in [-0.4, -0.2) is 53.9 Å². The fourth-order valence-corrected chi connectivity index (χ4v) is 1.81. The summed E-state index contributed by atoms with van der Waals surface area (Å²) in [6, 6.07) is 1.64. The van der Waals surface area contributed by atoms with Gasteiger partial charge in [0.25, 0.3) is 5.91 Å². The molecule has 1 rings (SSSR count). The number of aryl methyl sites for hydroxylation is 1. The van der Waals surface area contributed by atoms with E-state index in [1.807, 2.05) is 6.92 Å². The minimum Gasteiger partial charge on any atom is -0.397 e. The molecule has 0 aliphatic heterocycles. The molecule has 0 aliphatic rings. The minimum atomic E-state index is -0.689. The molecule has 0 fully saturated rings. The average Bonchev–Trinajstić information content (AvgIpc) is 2.69. The summed E-state index contributed by atoms with van der Waals surface area (Å²) in [4.78, 5) is 13.6. The highest BCUT2D eigenvalue weighted by molar-refractivity contribution is 5.93. The molecule has 0 bridgehead atoms. The number of rotatable bonds is 6. The Kier molecular flexibility index (Phi) is 5.18. The van der Waals surface area contributed by atoms with Crippen molar-refractivity contribution >= 4 is 11.6 Å². The molecule has 1 heterocycles. The first-order valence-corrected chi connectivity index (χ1v) is 5.87. The standard InChI is InChI=1S/C12H21N3O3/c1-4-15-6-9(13)5-11(15)12(17)14(2)7-10(16)8-18-3/h5-6,10,16H,4,7-8,13H2,1-3H3. The van der Waals surface area contributed by atoms with Gasteiger partial charge in [-0.15, -0.1) is 0 Å². The van der Waals surface area contributed by atoms with E-state index in [-0.39, 0.29) is 19.1 Å². The summed E-state index contributed by atoms with van der Waals surface area (Å²) in [5, 5.41) is 9.60. The van der Waals surface area contributed by atoms with Crippen LogP contribution in [0.1, 0.15) is 17.4 Å². The van der Waals surface area contributed by atoms with Gasteiger partial charge in [-0.2, -0.15) is 0 Å². The van der Waals surface area contributed by atoms with E-state index < -0.39 is 6.10 Å². The Labute approximate surface area is 107 Å². The van der Waals surface area contributed by atoms with Crippen LogP contribution < -0.4 is 5.73 Å². The first-order valence-electron chi connectivity index (χ1n) is 5.87. The highest BCUT2D eigenvalue weighted by Crippen LogP contribution is 2.12. The van der Waals surface area contributed by atoms with Crippen LogP contribution >= 0.6 is 0 Å². The van der Waals surface area contributed by atoms with Crippen molar-refractivity contribution in [3.05, 3.63) is 18.0 Å². The third-order valence-electron chi connectivity index (χ3n) is 2.67. The molecule has 0 aromatic carbocycles. The Morgan fingerprint density at radius 2 is 2.33 bits per heavy atom. The number of aliphatic hydroxyl groups excluding tert-OH is 1. The third kappa shape index (κ3) is 3.48. The number of ether oxygens (including phenoxy) is 1. The zero-order valence-electron chi connectivity index (χ0n) is 11.1. The van der Waals surface area contributed by atoms with Crippen LogP contribution in [0.25, 0.3) is 0 Å². The molecule has 1 unspecified atom stereocenters. The summed E-state index contributed by atoms with van der Waals surface area (Å²) in [5.41, 5.74) is 6.77. The van der Waals surface area contributed by atoms with Gasteiger partial charge in [0.2, 0.25) is 0 Å². The Morgan fingerprint density at radius 1 is 1.67 bits per heavy atom. The maximum atomic E-state index is 12.2. The summed E-state index contributed by atoms with van der Waals surface area (Å²) < 4.78 is 6.61. The van der Waals surface area contributed by atoms with Crippen LogP contribution in [0.3, 0.4) is 0 Å². The van der Waals surface area contributed by atoms with Crippen LogP contribution in [0.4, 0.5) is 5.69 Å². The summed E-state index contributed by atoms with van der Waals surface area (Å²) in [5.74, 6) is -0.163. The monoisotopic (exact) mass is 255 g/mol. The zero-order chi connectivity index (χ0) is 13.7. The van der Waals surface area contributed by atoms with Gasteiger partial charge in [0, 0.05) is 33.4 Å². The predicted octanol–water partition coefficient (Wildman–Crippen LogP) is 0.169. The lowest BCUT2D eigenvalue weighted by Crippen LogP contribution is -2.37. The summed E-state index contributed by atoms with van der Waals surface area (Å²) in [6.07, 6.45) is 1.04. The van der Waals surface area contributed by atoms with E-state index in [2.05, 4.69) is 0 Å². The quantitative estimate of drug-likeness (QED) is 0.759. The lowest BCUT2D eigenvalue weighted by atomic mass is 10.3. The maximum absolute atomic E-state index is 12.2. The molecule has 1 aromatic rings. The normalized spacial score (nSPS) is 12.4. The van der Waals surface area contributed by atoms with E-state index >= 15 is 0 Å². The molecule has 1 atom stereocenters. The topological polar surface area (TPSA) is 80.7 Å². The first-order chi connectivity index (χ1) is 8.49. The lowest BCUT2D eigenvalue weighted by molar-refractivity contribution is 0.0376. The number of likely N-dealkylation sites (N-methyl/N-ethyl adjacent to an activating group) is 1. The van der Waals surface area contributed by atoms with Crippen molar-refractivity contribution in [3.63, 3.8) is 0 Å². The van der Waals surface area contributed by atoms with E-state index in [0.29, 0.717) is 17.9 Å². The number of nitrogens with two attached hydrogens (primary N) is 1. The third-order valence-corrected chi connectivity index (χ3v) is 2.67. The number of hydrogen-bond acceptors (Lipinski definition) is 4. The van der Waals surface area contributed by atoms with Gasteiger partial charge in [-0.1, -0.05) is 0 Å². The summed E-state index contributed by atoms with van der Waals surface area (Å²) in [6.45, 7) is 3.04. The van der Waals surface area contributed by atoms with Gasteiger partial charge in [0.05, 0.1) is 18.4 Å². The molecular weight excluding hydrogens is 234 g/mol. The zero-order valence-corrected chi connectivity index (χ0v) is 11.1. The van der Waals surface area contributed by atoms with Crippen molar-refractivity contribution in [2.24, 2.45) is 0 Å². The molecule has 0 saturated carbocycles. The fraction of sp³-hybridized carbons (Fsp3) is 0.583. The van der Waals surface area contributed by atoms with Crippen molar-refractivity contribution in [1.82, 2.24) is 9.47 Å². The van der Waals surface area contributed by atoms with Crippen LogP contribution in [0.5, 0.6) is 0 Å². The second-order valence-corrected chi connectivity index (χ2v) is 4.24. The van der Waals surface area contributed by atoms with Crippen LogP contribution in [0.2, 0.25) is 0 Å². The lowest BCUT2D eigenvalue weighted by Gasteiger charge is -2.21. The van der Waals surface area contributed by atoms with Gasteiger partial charge in [-0.25, -0.2) is 0 Å². The smallest absolute Gasteiger partial charge is 0.270 e. The molecule has 0 saturated heterocycles. The van der Waals surface area contributed by atoms with Gasteiger partial charge in [0.1, 0.15) is 5.69 Å². The van der Waals surface area contributed by atoms with Gasteiger partial charge in [-0.3, -0.25) is 4.79 Å². The number of anilines is 1. The molecular formula is C12H21N3O3. The van der Waals surface area contributed by atoms with Crippen molar-refractivity contribution in [2.45, 2.75) is 19.6 Å². The Balaban J connectivity index is 2.73. The maximum Gasteiger partial charge on any atom is 0.270 e. The predicted molar refractivity (Wildman–Crippen MR) is 69.4 cm³/mol. The number of aliphatic hydroxyl groups is 1. The molecule has 3 N–H and O–H groups in total. The SMILES string of the molecule is CCn1cc(N)cc1C(=O)N(C)CC(O)COC. The Morgan fingerprint density at radius 3 is 2.89 bits per heavy atom. The highest BCUT2D eigenvalue weighted by Gasteiger charge is 2.18. The van der Waals surface area contributed by atoms with Crippen LogP contribution in [0.15, 0.2) is 12.3 Å². The summed E-state index contributed by atoms with van der Waals surface area (Å²) >= 11 is 0. The number of methoxy groups -OCH3 is 1. The van der Waals surface area contributed by atoms with Crippen molar-refractivity contribution < 1.29 is 14.6 Å². The van der Waals surface area contributed by atoms with Gasteiger partial charge >= 0.3 is 0 Å². The minimum absolute atomic E-state index is 0.163. The van der Waals surface area contributed by atoms with E-state index in [1.54, 1.807) is 23.9 Å². The van der Waals surface area contributed by atoms with Crippen LogP contribution in [-0.2, 0) is 11.3 Å². The Bertz CT molecular complexity index is 403.